The molecule has 2 aromatic rings. The third kappa shape index (κ3) is 4.22. The molecule has 0 saturated heterocycles. The number of fused-ring (bicyclic) bond motifs is 1. The number of hydrogen-bond donors (Lipinski definition) is 2. The zero-order valence-corrected chi connectivity index (χ0v) is 12.9. The maximum Gasteiger partial charge on any atom is 0.258 e. The van der Waals surface area contributed by atoms with Gasteiger partial charge in [0.1, 0.15) is 5.75 Å². The van der Waals surface area contributed by atoms with E-state index in [0.717, 1.165) is 23.6 Å². The van der Waals surface area contributed by atoms with Crippen molar-refractivity contribution < 1.29 is 14.3 Å². The Kier molecular flexibility index (Phi) is 4.76. The molecular formula is C18H20N2O3. The molecule has 3 rings (SSSR count). The van der Waals surface area contributed by atoms with Crippen molar-refractivity contribution in [1.29, 1.82) is 0 Å². The second-order valence-corrected chi connectivity index (χ2v) is 5.68. The lowest BCUT2D eigenvalue weighted by Gasteiger charge is -2.10. The zero-order chi connectivity index (χ0) is 16.1. The summed E-state index contributed by atoms with van der Waals surface area (Å²) in [5.74, 6) is 0.783. The van der Waals surface area contributed by atoms with E-state index >= 15 is 0 Å². The van der Waals surface area contributed by atoms with Crippen LogP contribution in [0.5, 0.6) is 5.75 Å². The summed E-state index contributed by atoms with van der Waals surface area (Å²) in [6.07, 6.45) is 1.97. The van der Waals surface area contributed by atoms with Gasteiger partial charge in [0.25, 0.3) is 5.91 Å². The lowest BCUT2D eigenvalue weighted by atomic mass is 10.1. The van der Waals surface area contributed by atoms with E-state index in [1.165, 1.54) is 0 Å². The van der Waals surface area contributed by atoms with E-state index in [0.29, 0.717) is 18.8 Å². The monoisotopic (exact) mass is 312 g/mol. The van der Waals surface area contributed by atoms with Crippen molar-refractivity contribution >= 4 is 22.6 Å². The Morgan fingerprint density at radius 2 is 1.74 bits per heavy atom. The van der Waals surface area contributed by atoms with Crippen molar-refractivity contribution in [3.05, 3.63) is 42.5 Å². The minimum absolute atomic E-state index is 0.0371. The smallest absolute Gasteiger partial charge is 0.258 e. The molecule has 0 spiro atoms. The number of carbonyl (C=O) groups is 2. The average molecular weight is 312 g/mol. The molecule has 1 fully saturated rings. The molecule has 1 aliphatic rings. The number of ether oxygens (including phenoxy) is 1. The molecule has 2 N–H and O–H groups in total. The van der Waals surface area contributed by atoms with Crippen LogP contribution in [-0.4, -0.2) is 31.5 Å². The van der Waals surface area contributed by atoms with Gasteiger partial charge in [-0.2, -0.15) is 0 Å². The van der Waals surface area contributed by atoms with Gasteiger partial charge >= 0.3 is 0 Å². The van der Waals surface area contributed by atoms with Crippen LogP contribution in [0.2, 0.25) is 0 Å². The minimum atomic E-state index is -0.196. The summed E-state index contributed by atoms with van der Waals surface area (Å²) in [5.41, 5.74) is 0. The second-order valence-electron chi connectivity index (χ2n) is 5.68. The first kappa shape index (κ1) is 15.3. The van der Waals surface area contributed by atoms with Crippen LogP contribution < -0.4 is 15.4 Å². The fraction of sp³-hybridized carbons (Fsp3) is 0.333. The first-order chi connectivity index (χ1) is 11.2. The van der Waals surface area contributed by atoms with Crippen molar-refractivity contribution in [2.75, 3.05) is 19.7 Å². The number of carbonyl (C=O) groups excluding carboxylic acids is 2. The standard InChI is InChI=1S/C18H20N2O3/c21-17(19-10-11-20-18(22)14-8-9-14)12-23-16-7-3-5-13-4-1-2-6-15(13)16/h1-7,14H,8-12H2,(H,19,21)(H,20,22). The third-order valence-corrected chi connectivity index (χ3v) is 3.80. The number of rotatable bonds is 7. The Balaban J connectivity index is 1.42. The van der Waals surface area contributed by atoms with Gasteiger partial charge in [0.05, 0.1) is 0 Å². The van der Waals surface area contributed by atoms with Gasteiger partial charge in [-0.15, -0.1) is 0 Å². The molecule has 0 radical (unpaired) electrons. The highest BCUT2D eigenvalue weighted by atomic mass is 16.5. The molecule has 1 aliphatic carbocycles. The minimum Gasteiger partial charge on any atom is -0.483 e. The Hall–Kier alpha value is -2.56. The molecule has 2 amide bonds. The molecule has 0 bridgehead atoms. The maximum absolute atomic E-state index is 11.8. The molecule has 23 heavy (non-hydrogen) atoms. The Morgan fingerprint density at radius 3 is 2.57 bits per heavy atom. The van der Waals surface area contributed by atoms with Crippen LogP contribution >= 0.6 is 0 Å². The molecule has 1 saturated carbocycles. The highest BCUT2D eigenvalue weighted by molar-refractivity contribution is 5.88. The fourth-order valence-corrected chi connectivity index (χ4v) is 2.39. The summed E-state index contributed by atoms with van der Waals surface area (Å²) < 4.78 is 5.61. The van der Waals surface area contributed by atoms with Gasteiger partial charge in [-0.1, -0.05) is 36.4 Å². The quantitative estimate of drug-likeness (QED) is 0.767. The predicted octanol–water partition coefficient (Wildman–Crippen LogP) is 1.86. The molecule has 0 aromatic heterocycles. The van der Waals surface area contributed by atoms with Crippen molar-refractivity contribution in [1.82, 2.24) is 10.6 Å². The Labute approximate surface area is 135 Å². The number of nitrogens with one attached hydrogen (secondary N) is 2. The highest BCUT2D eigenvalue weighted by Crippen LogP contribution is 2.28. The lowest BCUT2D eigenvalue weighted by molar-refractivity contribution is -0.124. The van der Waals surface area contributed by atoms with Gasteiger partial charge in [-0.3, -0.25) is 9.59 Å². The first-order valence-corrected chi connectivity index (χ1v) is 7.89. The van der Waals surface area contributed by atoms with Crippen LogP contribution in [0, 0.1) is 5.92 Å². The van der Waals surface area contributed by atoms with Crippen LogP contribution in [-0.2, 0) is 9.59 Å². The average Bonchev–Trinajstić information content (AvgIpc) is 3.41. The highest BCUT2D eigenvalue weighted by Gasteiger charge is 2.28. The van der Waals surface area contributed by atoms with Crippen LogP contribution in [0.3, 0.4) is 0 Å². The van der Waals surface area contributed by atoms with Crippen LogP contribution in [0.1, 0.15) is 12.8 Å². The first-order valence-electron chi connectivity index (χ1n) is 7.89. The summed E-state index contributed by atoms with van der Waals surface area (Å²) in [6, 6.07) is 13.6. The normalized spacial score (nSPS) is 13.6. The zero-order valence-electron chi connectivity index (χ0n) is 12.9. The van der Waals surface area contributed by atoms with Crippen molar-refractivity contribution in [3.8, 4) is 5.75 Å². The summed E-state index contributed by atoms with van der Waals surface area (Å²) in [4.78, 5) is 23.2. The molecule has 0 heterocycles. The Bertz CT molecular complexity index is 705. The lowest BCUT2D eigenvalue weighted by Crippen LogP contribution is -2.37. The van der Waals surface area contributed by atoms with E-state index in [1.54, 1.807) is 0 Å². The molecule has 2 aromatic carbocycles. The number of amides is 2. The predicted molar refractivity (Wildman–Crippen MR) is 88.2 cm³/mol. The van der Waals surface area contributed by atoms with Crippen LogP contribution in [0.25, 0.3) is 10.8 Å². The van der Waals surface area contributed by atoms with E-state index in [2.05, 4.69) is 10.6 Å². The second kappa shape index (κ2) is 7.13. The van der Waals surface area contributed by atoms with Crippen molar-refractivity contribution in [2.24, 2.45) is 5.92 Å². The fourth-order valence-electron chi connectivity index (χ4n) is 2.39. The summed E-state index contributed by atoms with van der Waals surface area (Å²) in [6.45, 7) is 0.829. The van der Waals surface area contributed by atoms with E-state index in [-0.39, 0.29) is 24.3 Å². The SMILES string of the molecule is O=C(COc1cccc2ccccc12)NCCNC(=O)C1CC1. The van der Waals surface area contributed by atoms with Gasteiger partial charge in [0, 0.05) is 24.4 Å². The summed E-state index contributed by atoms with van der Waals surface area (Å²) in [5, 5.41) is 7.60. The van der Waals surface area contributed by atoms with Gasteiger partial charge in [0.15, 0.2) is 6.61 Å². The van der Waals surface area contributed by atoms with Gasteiger partial charge in [0.2, 0.25) is 5.91 Å². The topological polar surface area (TPSA) is 67.4 Å². The molecule has 5 nitrogen and oxygen atoms in total. The Morgan fingerprint density at radius 1 is 1.00 bits per heavy atom. The van der Waals surface area contributed by atoms with Crippen molar-refractivity contribution in [2.45, 2.75) is 12.8 Å². The van der Waals surface area contributed by atoms with E-state index in [1.807, 2.05) is 42.5 Å². The molecule has 120 valence electrons. The van der Waals surface area contributed by atoms with E-state index in [4.69, 9.17) is 4.74 Å². The molecule has 0 aliphatic heterocycles. The van der Waals surface area contributed by atoms with Gasteiger partial charge < -0.3 is 15.4 Å². The summed E-state index contributed by atoms with van der Waals surface area (Å²) in [7, 11) is 0. The summed E-state index contributed by atoms with van der Waals surface area (Å²) >= 11 is 0. The third-order valence-electron chi connectivity index (χ3n) is 3.80. The molecular weight excluding hydrogens is 292 g/mol. The van der Waals surface area contributed by atoms with E-state index in [9.17, 15) is 9.59 Å². The van der Waals surface area contributed by atoms with Gasteiger partial charge in [-0.25, -0.2) is 0 Å². The number of benzene rings is 2. The van der Waals surface area contributed by atoms with E-state index < -0.39 is 0 Å². The van der Waals surface area contributed by atoms with Crippen LogP contribution in [0.4, 0.5) is 0 Å². The van der Waals surface area contributed by atoms with Gasteiger partial charge in [-0.05, 0) is 24.3 Å². The molecule has 5 heteroatoms. The number of hydrogen-bond acceptors (Lipinski definition) is 3. The molecule has 0 unspecified atom stereocenters. The maximum atomic E-state index is 11.8. The largest absolute Gasteiger partial charge is 0.483 e. The van der Waals surface area contributed by atoms with Crippen molar-refractivity contribution in [3.63, 3.8) is 0 Å². The molecule has 0 atom stereocenters. The van der Waals surface area contributed by atoms with Crippen LogP contribution in [0.15, 0.2) is 42.5 Å².